The van der Waals surface area contributed by atoms with Crippen molar-refractivity contribution in [1.82, 2.24) is 19.5 Å². The predicted octanol–water partition coefficient (Wildman–Crippen LogP) is -2.05. The normalized spacial score (nSPS) is 31.2. The third-order valence-corrected chi connectivity index (χ3v) is 4.23. The minimum atomic E-state index is -1.94. The smallest absolute Gasteiger partial charge is 0.280 e. The molecule has 3 heterocycles. The van der Waals surface area contributed by atoms with E-state index in [4.69, 9.17) is 16.9 Å². The number of rotatable bonds is 3. The summed E-state index contributed by atoms with van der Waals surface area (Å²) < 4.78 is 6.96. The fourth-order valence-corrected chi connectivity index (χ4v) is 3.04. The Balaban J connectivity index is 2.18. The molecule has 3 rings (SSSR count). The number of aromatic nitrogens is 4. The van der Waals surface area contributed by atoms with E-state index in [-0.39, 0.29) is 17.1 Å². The average Bonchev–Trinajstić information content (AvgIpc) is 3.06. The summed E-state index contributed by atoms with van der Waals surface area (Å²) in [6, 6.07) is 0. The van der Waals surface area contributed by atoms with E-state index in [9.17, 15) is 20.1 Å². The van der Waals surface area contributed by atoms with Crippen molar-refractivity contribution in [3.8, 4) is 12.3 Å². The maximum absolute atomic E-state index is 11.9. The number of aliphatic hydroxyl groups excluding tert-OH is 2. The van der Waals surface area contributed by atoms with Crippen molar-refractivity contribution in [2.75, 3.05) is 12.3 Å². The molecule has 2 unspecified atom stereocenters. The molecule has 5 atom stereocenters. The van der Waals surface area contributed by atoms with Crippen LogP contribution >= 0.6 is 0 Å². The molecule has 24 heavy (non-hydrogen) atoms. The van der Waals surface area contributed by atoms with Gasteiger partial charge in [-0.1, -0.05) is 5.92 Å². The van der Waals surface area contributed by atoms with E-state index in [0.29, 0.717) is 0 Å². The number of terminal acetylenes is 1. The van der Waals surface area contributed by atoms with Gasteiger partial charge in [0.2, 0.25) is 5.95 Å². The topological polar surface area (TPSA) is 160 Å². The molecule has 2 aromatic rings. The lowest BCUT2D eigenvalue weighted by molar-refractivity contribution is -0.0845. The first-order valence-corrected chi connectivity index (χ1v) is 7.20. The number of hydrogen-bond acceptors (Lipinski definition) is 8. The number of nitrogens with two attached hydrogens (primary N) is 1. The SMILES string of the molecule is C#CC1(O)C(CO)[C@@H]([C@@H](C)O)O[C@H]1n1cnc2c(=O)[nH]c(N)nc21. The van der Waals surface area contributed by atoms with Gasteiger partial charge in [0.25, 0.3) is 5.56 Å². The van der Waals surface area contributed by atoms with Gasteiger partial charge in [-0.25, -0.2) is 4.98 Å². The minimum Gasteiger partial charge on any atom is -0.396 e. The summed E-state index contributed by atoms with van der Waals surface area (Å²) in [5.74, 6) is 1.15. The van der Waals surface area contributed by atoms with Crippen LogP contribution in [0.4, 0.5) is 5.95 Å². The number of nitrogens with one attached hydrogen (secondary N) is 1. The number of H-pyrrole nitrogens is 1. The molecule has 6 N–H and O–H groups in total. The van der Waals surface area contributed by atoms with E-state index >= 15 is 0 Å². The zero-order valence-corrected chi connectivity index (χ0v) is 12.7. The van der Waals surface area contributed by atoms with E-state index < -0.39 is 42.1 Å². The number of nitrogens with zero attached hydrogens (tertiary/aromatic N) is 3. The quantitative estimate of drug-likeness (QED) is 0.401. The highest BCUT2D eigenvalue weighted by Crippen LogP contribution is 2.44. The van der Waals surface area contributed by atoms with Crippen molar-refractivity contribution in [3.63, 3.8) is 0 Å². The van der Waals surface area contributed by atoms with Gasteiger partial charge in [0.1, 0.15) is 0 Å². The number of fused-ring (bicyclic) bond motifs is 1. The van der Waals surface area contributed by atoms with Crippen LogP contribution in [0.3, 0.4) is 0 Å². The molecule has 0 radical (unpaired) electrons. The first-order chi connectivity index (χ1) is 11.3. The zero-order valence-electron chi connectivity index (χ0n) is 12.7. The number of imidazole rings is 1. The molecule has 0 spiro atoms. The summed E-state index contributed by atoms with van der Waals surface area (Å²) in [5.41, 5.74) is 3.12. The van der Waals surface area contributed by atoms with E-state index in [0.717, 1.165) is 0 Å². The Morgan fingerprint density at radius 2 is 2.38 bits per heavy atom. The predicted molar refractivity (Wildman–Crippen MR) is 82.5 cm³/mol. The number of anilines is 1. The summed E-state index contributed by atoms with van der Waals surface area (Å²) in [6.45, 7) is 0.954. The molecular weight excluding hydrogens is 318 g/mol. The molecule has 0 aliphatic carbocycles. The lowest BCUT2D eigenvalue weighted by atomic mass is 9.84. The van der Waals surface area contributed by atoms with E-state index in [1.54, 1.807) is 0 Å². The van der Waals surface area contributed by atoms with Crippen molar-refractivity contribution >= 4 is 17.1 Å². The Kier molecular flexibility index (Phi) is 3.81. The Morgan fingerprint density at radius 3 is 2.96 bits per heavy atom. The summed E-state index contributed by atoms with van der Waals surface area (Å²) in [5, 5.41) is 30.4. The minimum absolute atomic E-state index is 0.00628. The molecule has 0 bridgehead atoms. The van der Waals surface area contributed by atoms with Gasteiger partial charge in [0.05, 0.1) is 31.1 Å². The largest absolute Gasteiger partial charge is 0.396 e. The third kappa shape index (κ3) is 2.18. The van der Waals surface area contributed by atoms with Crippen LogP contribution in [0, 0.1) is 18.3 Å². The van der Waals surface area contributed by atoms with Gasteiger partial charge >= 0.3 is 0 Å². The molecule has 0 aromatic carbocycles. The zero-order chi connectivity index (χ0) is 17.6. The first-order valence-electron chi connectivity index (χ1n) is 7.20. The van der Waals surface area contributed by atoms with Crippen LogP contribution in [0.25, 0.3) is 11.2 Å². The van der Waals surface area contributed by atoms with Gasteiger partial charge in [-0.15, -0.1) is 6.42 Å². The van der Waals surface area contributed by atoms with E-state index in [2.05, 4.69) is 20.9 Å². The van der Waals surface area contributed by atoms with Crippen molar-refractivity contribution < 1.29 is 20.1 Å². The second kappa shape index (κ2) is 5.57. The summed E-state index contributed by atoms with van der Waals surface area (Å²) >= 11 is 0. The van der Waals surface area contributed by atoms with Crippen LogP contribution in [0.2, 0.25) is 0 Å². The van der Waals surface area contributed by atoms with Gasteiger partial charge in [-0.05, 0) is 6.92 Å². The van der Waals surface area contributed by atoms with Crippen molar-refractivity contribution in [2.45, 2.75) is 31.0 Å². The van der Waals surface area contributed by atoms with Gasteiger partial charge in [-0.3, -0.25) is 14.3 Å². The highest BCUT2D eigenvalue weighted by atomic mass is 16.6. The van der Waals surface area contributed by atoms with Gasteiger partial charge in [-0.2, -0.15) is 4.98 Å². The molecule has 1 aliphatic heterocycles. The summed E-state index contributed by atoms with van der Waals surface area (Å²) in [4.78, 5) is 22.1. The fraction of sp³-hybridized carbons (Fsp3) is 0.500. The van der Waals surface area contributed by atoms with Gasteiger partial charge < -0.3 is 25.8 Å². The van der Waals surface area contributed by atoms with Crippen molar-refractivity contribution in [2.24, 2.45) is 5.92 Å². The molecule has 0 saturated carbocycles. The number of aliphatic hydroxyl groups is 3. The van der Waals surface area contributed by atoms with Gasteiger partial charge in [0, 0.05) is 0 Å². The first kappa shape index (κ1) is 16.4. The molecule has 1 saturated heterocycles. The fourth-order valence-electron chi connectivity index (χ4n) is 3.04. The summed E-state index contributed by atoms with van der Waals surface area (Å²) in [6.07, 6.45) is 3.59. The summed E-state index contributed by atoms with van der Waals surface area (Å²) in [7, 11) is 0. The standard InChI is InChI=1S/C14H17N5O5/c1-3-14(23)7(4-20)9(6(2)21)24-12(14)19-5-16-8-10(19)17-13(15)18-11(8)22/h1,5-7,9,12,20-21,23H,4H2,2H3,(H3,15,17,18,22)/t6-,7?,9-,12-,14?/m1/s1. The molecular formula is C14H17N5O5. The second-order valence-electron chi connectivity index (χ2n) is 5.73. The molecule has 2 aromatic heterocycles. The van der Waals surface area contributed by atoms with Crippen LogP contribution in [0.1, 0.15) is 13.2 Å². The van der Waals surface area contributed by atoms with E-state index in [1.807, 2.05) is 0 Å². The Morgan fingerprint density at radius 1 is 1.67 bits per heavy atom. The molecule has 0 amide bonds. The van der Waals surface area contributed by atoms with Gasteiger partial charge in [0.15, 0.2) is 23.0 Å². The number of hydrogen-bond donors (Lipinski definition) is 5. The highest BCUT2D eigenvalue weighted by molar-refractivity contribution is 5.70. The molecule has 1 aliphatic rings. The van der Waals surface area contributed by atoms with Crippen LogP contribution in [-0.4, -0.2) is 59.3 Å². The lowest BCUT2D eigenvalue weighted by Crippen LogP contribution is -2.44. The number of aromatic amines is 1. The Hall–Kier alpha value is -2.45. The van der Waals surface area contributed by atoms with Crippen LogP contribution < -0.4 is 11.3 Å². The monoisotopic (exact) mass is 335 g/mol. The molecule has 10 nitrogen and oxygen atoms in total. The lowest BCUT2D eigenvalue weighted by Gasteiger charge is -2.28. The van der Waals surface area contributed by atoms with Crippen molar-refractivity contribution in [3.05, 3.63) is 16.7 Å². The highest BCUT2D eigenvalue weighted by Gasteiger charge is 2.57. The second-order valence-corrected chi connectivity index (χ2v) is 5.73. The molecule has 1 fully saturated rings. The Bertz CT molecular complexity index is 869. The maximum atomic E-state index is 11.9. The Labute approximate surface area is 135 Å². The van der Waals surface area contributed by atoms with E-state index in [1.165, 1.54) is 17.8 Å². The number of ether oxygens (including phenoxy) is 1. The molecule has 128 valence electrons. The van der Waals surface area contributed by atoms with Crippen LogP contribution in [0.5, 0.6) is 0 Å². The average molecular weight is 335 g/mol. The maximum Gasteiger partial charge on any atom is 0.280 e. The van der Waals surface area contributed by atoms with Crippen LogP contribution in [0.15, 0.2) is 11.1 Å². The number of nitrogen functional groups attached to an aromatic ring is 1. The third-order valence-electron chi connectivity index (χ3n) is 4.23. The van der Waals surface area contributed by atoms with Crippen LogP contribution in [-0.2, 0) is 4.74 Å². The molecule has 10 heteroatoms. The van der Waals surface area contributed by atoms with Crippen molar-refractivity contribution in [1.29, 1.82) is 0 Å².